The summed E-state index contributed by atoms with van der Waals surface area (Å²) in [7, 11) is 1.65. The highest BCUT2D eigenvalue weighted by molar-refractivity contribution is 5.15. The summed E-state index contributed by atoms with van der Waals surface area (Å²) >= 11 is 0. The van der Waals surface area contributed by atoms with E-state index in [0.29, 0.717) is 5.88 Å². The van der Waals surface area contributed by atoms with Crippen LogP contribution >= 0.6 is 0 Å². The SMILES string of the molecule is COc1cccc(CNCCN2CCCCC2)n1. The quantitative estimate of drug-likeness (QED) is 0.778. The number of nitrogens with zero attached hydrogens (tertiary/aromatic N) is 2. The predicted molar refractivity (Wildman–Crippen MR) is 72.8 cm³/mol. The van der Waals surface area contributed by atoms with Gasteiger partial charge in [-0.1, -0.05) is 12.5 Å². The normalized spacial score (nSPS) is 16.7. The smallest absolute Gasteiger partial charge is 0.213 e. The summed E-state index contributed by atoms with van der Waals surface area (Å²) in [6.07, 6.45) is 4.12. The van der Waals surface area contributed by atoms with Crippen molar-refractivity contribution in [2.45, 2.75) is 25.8 Å². The number of piperidine rings is 1. The van der Waals surface area contributed by atoms with Crippen molar-refractivity contribution in [3.63, 3.8) is 0 Å². The molecular weight excluding hydrogens is 226 g/mol. The number of pyridine rings is 1. The van der Waals surface area contributed by atoms with Crippen LogP contribution in [0.2, 0.25) is 0 Å². The monoisotopic (exact) mass is 249 g/mol. The van der Waals surface area contributed by atoms with E-state index in [1.165, 1.54) is 32.4 Å². The maximum Gasteiger partial charge on any atom is 0.213 e. The van der Waals surface area contributed by atoms with Gasteiger partial charge < -0.3 is 15.0 Å². The number of hydrogen-bond donors (Lipinski definition) is 1. The van der Waals surface area contributed by atoms with E-state index in [4.69, 9.17) is 4.74 Å². The van der Waals surface area contributed by atoms with Crippen LogP contribution in [0.3, 0.4) is 0 Å². The molecule has 0 radical (unpaired) electrons. The molecule has 0 saturated carbocycles. The van der Waals surface area contributed by atoms with Crippen LogP contribution in [0.5, 0.6) is 5.88 Å². The summed E-state index contributed by atoms with van der Waals surface area (Å²) in [4.78, 5) is 6.91. The van der Waals surface area contributed by atoms with Crippen molar-refractivity contribution in [3.05, 3.63) is 23.9 Å². The zero-order valence-corrected chi connectivity index (χ0v) is 11.2. The van der Waals surface area contributed by atoms with Crippen LogP contribution in [-0.2, 0) is 6.54 Å². The summed E-state index contributed by atoms with van der Waals surface area (Å²) in [5.74, 6) is 0.685. The molecule has 1 fully saturated rings. The number of likely N-dealkylation sites (tertiary alicyclic amines) is 1. The molecule has 100 valence electrons. The number of rotatable bonds is 6. The topological polar surface area (TPSA) is 37.4 Å². The van der Waals surface area contributed by atoms with Gasteiger partial charge >= 0.3 is 0 Å². The largest absolute Gasteiger partial charge is 0.481 e. The third-order valence-corrected chi connectivity index (χ3v) is 3.35. The van der Waals surface area contributed by atoms with Crippen LogP contribution < -0.4 is 10.1 Å². The lowest BCUT2D eigenvalue weighted by molar-refractivity contribution is 0.229. The van der Waals surface area contributed by atoms with E-state index < -0.39 is 0 Å². The minimum Gasteiger partial charge on any atom is -0.481 e. The van der Waals surface area contributed by atoms with Gasteiger partial charge in [-0.2, -0.15) is 0 Å². The fourth-order valence-electron chi connectivity index (χ4n) is 2.31. The molecule has 0 unspecified atom stereocenters. The van der Waals surface area contributed by atoms with Crippen LogP contribution in [0.25, 0.3) is 0 Å². The minimum atomic E-state index is 0.685. The lowest BCUT2D eigenvalue weighted by Gasteiger charge is -2.26. The number of methoxy groups -OCH3 is 1. The fourth-order valence-corrected chi connectivity index (χ4v) is 2.31. The molecule has 0 bridgehead atoms. The highest BCUT2D eigenvalue weighted by Crippen LogP contribution is 2.08. The molecule has 0 amide bonds. The first-order valence-corrected chi connectivity index (χ1v) is 6.81. The van der Waals surface area contributed by atoms with Crippen molar-refractivity contribution in [1.29, 1.82) is 0 Å². The summed E-state index contributed by atoms with van der Waals surface area (Å²) < 4.78 is 5.11. The Kier molecular flexibility index (Phi) is 5.42. The summed E-state index contributed by atoms with van der Waals surface area (Å²) in [6.45, 7) is 5.51. The number of aromatic nitrogens is 1. The molecule has 1 N–H and O–H groups in total. The van der Waals surface area contributed by atoms with Gasteiger partial charge in [0.1, 0.15) is 0 Å². The Morgan fingerprint density at radius 2 is 2.11 bits per heavy atom. The standard InChI is InChI=1S/C14H23N3O/c1-18-14-7-5-6-13(16-14)12-15-8-11-17-9-3-2-4-10-17/h5-7,15H,2-4,8-12H2,1H3. The van der Waals surface area contributed by atoms with Crippen LogP contribution in [0.15, 0.2) is 18.2 Å². The van der Waals surface area contributed by atoms with Gasteiger partial charge in [0.2, 0.25) is 5.88 Å². The molecule has 1 aromatic heterocycles. The number of nitrogens with one attached hydrogen (secondary N) is 1. The average molecular weight is 249 g/mol. The first-order chi connectivity index (χ1) is 8.88. The van der Waals surface area contributed by atoms with Gasteiger partial charge in [0.05, 0.1) is 12.8 Å². The van der Waals surface area contributed by atoms with E-state index >= 15 is 0 Å². The van der Waals surface area contributed by atoms with Crippen molar-refractivity contribution in [3.8, 4) is 5.88 Å². The average Bonchev–Trinajstić information content (AvgIpc) is 2.45. The third kappa shape index (κ3) is 4.27. The Bertz CT molecular complexity index is 351. The van der Waals surface area contributed by atoms with E-state index in [1.54, 1.807) is 7.11 Å². The molecule has 2 rings (SSSR count). The molecule has 0 spiro atoms. The Hall–Kier alpha value is -1.13. The summed E-state index contributed by atoms with van der Waals surface area (Å²) in [6, 6.07) is 5.88. The number of ether oxygens (including phenoxy) is 1. The van der Waals surface area contributed by atoms with Crippen LogP contribution in [0, 0.1) is 0 Å². The highest BCUT2D eigenvalue weighted by Gasteiger charge is 2.08. The van der Waals surface area contributed by atoms with Crippen LogP contribution in [0.4, 0.5) is 0 Å². The van der Waals surface area contributed by atoms with E-state index in [1.807, 2.05) is 18.2 Å². The molecule has 0 atom stereocenters. The molecule has 4 nitrogen and oxygen atoms in total. The van der Waals surface area contributed by atoms with Crippen molar-refractivity contribution in [2.75, 3.05) is 33.3 Å². The van der Waals surface area contributed by atoms with Gasteiger partial charge in [0, 0.05) is 25.7 Å². The van der Waals surface area contributed by atoms with Crippen LogP contribution in [0.1, 0.15) is 25.0 Å². The van der Waals surface area contributed by atoms with E-state index in [2.05, 4.69) is 15.2 Å². The first kappa shape index (κ1) is 13.3. The van der Waals surface area contributed by atoms with Gasteiger partial charge in [-0.25, -0.2) is 4.98 Å². The zero-order valence-electron chi connectivity index (χ0n) is 11.2. The number of hydrogen-bond acceptors (Lipinski definition) is 4. The van der Waals surface area contributed by atoms with Crippen molar-refractivity contribution in [1.82, 2.24) is 15.2 Å². The van der Waals surface area contributed by atoms with Crippen LogP contribution in [-0.4, -0.2) is 43.2 Å². The molecule has 0 aliphatic carbocycles. The van der Waals surface area contributed by atoms with Gasteiger partial charge in [-0.05, 0) is 32.0 Å². The summed E-state index contributed by atoms with van der Waals surface area (Å²) in [5, 5.41) is 3.44. The second kappa shape index (κ2) is 7.34. The van der Waals surface area contributed by atoms with Crippen molar-refractivity contribution < 1.29 is 4.74 Å². The zero-order chi connectivity index (χ0) is 12.6. The Labute approximate surface area is 109 Å². The lowest BCUT2D eigenvalue weighted by atomic mass is 10.1. The minimum absolute atomic E-state index is 0.685. The second-order valence-electron chi connectivity index (χ2n) is 4.75. The van der Waals surface area contributed by atoms with Gasteiger partial charge in [-0.3, -0.25) is 0 Å². The highest BCUT2D eigenvalue weighted by atomic mass is 16.5. The summed E-state index contributed by atoms with van der Waals surface area (Å²) in [5.41, 5.74) is 1.04. The molecular formula is C14H23N3O. The molecule has 1 aliphatic heterocycles. The van der Waals surface area contributed by atoms with Gasteiger partial charge in [0.25, 0.3) is 0 Å². The predicted octanol–water partition coefficient (Wildman–Crippen LogP) is 1.67. The fraction of sp³-hybridized carbons (Fsp3) is 0.643. The first-order valence-electron chi connectivity index (χ1n) is 6.81. The molecule has 4 heteroatoms. The third-order valence-electron chi connectivity index (χ3n) is 3.35. The maximum atomic E-state index is 5.11. The Balaban J connectivity index is 1.65. The Morgan fingerprint density at radius 3 is 2.89 bits per heavy atom. The maximum absolute atomic E-state index is 5.11. The lowest BCUT2D eigenvalue weighted by Crippen LogP contribution is -2.35. The van der Waals surface area contributed by atoms with Crippen molar-refractivity contribution >= 4 is 0 Å². The van der Waals surface area contributed by atoms with E-state index in [0.717, 1.165) is 25.3 Å². The molecule has 1 aliphatic rings. The van der Waals surface area contributed by atoms with Crippen molar-refractivity contribution in [2.24, 2.45) is 0 Å². The Morgan fingerprint density at radius 1 is 1.28 bits per heavy atom. The second-order valence-corrected chi connectivity index (χ2v) is 4.75. The van der Waals surface area contributed by atoms with E-state index in [-0.39, 0.29) is 0 Å². The van der Waals surface area contributed by atoms with E-state index in [9.17, 15) is 0 Å². The van der Waals surface area contributed by atoms with Gasteiger partial charge in [0.15, 0.2) is 0 Å². The molecule has 1 aromatic rings. The molecule has 18 heavy (non-hydrogen) atoms. The van der Waals surface area contributed by atoms with Gasteiger partial charge in [-0.15, -0.1) is 0 Å². The molecule has 2 heterocycles. The molecule has 0 aromatic carbocycles. The molecule has 1 saturated heterocycles.